The van der Waals surface area contributed by atoms with Gasteiger partial charge in [-0.3, -0.25) is 14.5 Å². The monoisotopic (exact) mass is 782 g/mol. The molecule has 1 unspecified atom stereocenters. The second-order valence-electron chi connectivity index (χ2n) is 16.4. The van der Waals surface area contributed by atoms with Gasteiger partial charge in [0.2, 0.25) is 11.8 Å². The van der Waals surface area contributed by atoms with Crippen molar-refractivity contribution in [3.05, 3.63) is 35.4 Å². The molecule has 6 atom stereocenters. The predicted molar refractivity (Wildman–Crippen MR) is 206 cm³/mol. The molecule has 2 saturated heterocycles. The van der Waals surface area contributed by atoms with Crippen molar-refractivity contribution in [3.63, 3.8) is 0 Å². The van der Waals surface area contributed by atoms with E-state index in [1.807, 2.05) is 17.3 Å². The van der Waals surface area contributed by atoms with Gasteiger partial charge in [0.1, 0.15) is 23.7 Å². The Hall–Kier alpha value is -4.18. The van der Waals surface area contributed by atoms with Crippen LogP contribution in [0.5, 0.6) is 0 Å². The summed E-state index contributed by atoms with van der Waals surface area (Å²) < 4.78 is 15.6. The molecule has 4 aliphatic rings. The molecule has 2 aliphatic carbocycles. The van der Waals surface area contributed by atoms with Crippen molar-refractivity contribution >= 4 is 24.0 Å². The molecule has 0 aromatic carbocycles. The van der Waals surface area contributed by atoms with Crippen LogP contribution in [0.15, 0.2) is 12.4 Å². The van der Waals surface area contributed by atoms with Gasteiger partial charge in [-0.1, -0.05) is 0 Å². The molecule has 6 rings (SSSR count). The van der Waals surface area contributed by atoms with Gasteiger partial charge in [-0.05, 0) is 103 Å². The van der Waals surface area contributed by atoms with Crippen molar-refractivity contribution in [1.82, 2.24) is 40.0 Å². The third-order valence-corrected chi connectivity index (χ3v) is 13.3. The molecule has 2 aliphatic heterocycles. The molecule has 16 heteroatoms. The number of likely N-dealkylation sites (N-methyl/N-ethyl adjacent to an activating group) is 1. The molecule has 4 amide bonds. The first-order chi connectivity index (χ1) is 26.9. The number of amides is 4. The zero-order valence-corrected chi connectivity index (χ0v) is 33.9. The van der Waals surface area contributed by atoms with E-state index in [-0.39, 0.29) is 23.9 Å². The zero-order chi connectivity index (χ0) is 40.1. The number of nitrogens with one attached hydrogen (secondary N) is 3. The standard InChI is InChI=1S/C40H62N8O8/c1-23(54-4)33(45-39(51)56-6)37(49)47-19-7-9-31(47)35-41-21-29(43-35)27-15-11-25(12-16-27)26-13-17-28(18-14-26)30-22-42-36(44-30)32-10-8-20-48(32)38(50)34(24(2)55-5)46(3)40(52)53/h21-28,31-34H,7-20H2,1-6H3,(H,41,43)(H,42,44)(H,45,51)(H,52,53)/t23?,24-,25?,26?,27?,28?,31+,32+,33+,34+/m1/s1. The first kappa shape index (κ1) is 41.5. The Balaban J connectivity index is 0.996. The number of hydrogen-bond donors (Lipinski definition) is 4. The van der Waals surface area contributed by atoms with Crippen molar-refractivity contribution < 1.29 is 38.5 Å². The lowest BCUT2D eigenvalue weighted by Gasteiger charge is -2.37. The Morgan fingerprint density at radius 2 is 1.21 bits per heavy atom. The predicted octanol–water partition coefficient (Wildman–Crippen LogP) is 5.48. The smallest absolute Gasteiger partial charge is 0.407 e. The number of methoxy groups -OCH3 is 3. The Kier molecular flexibility index (Phi) is 13.6. The number of alkyl carbamates (subject to hydrolysis) is 1. The number of nitrogens with zero attached hydrogens (tertiary/aromatic N) is 5. The van der Waals surface area contributed by atoms with Gasteiger partial charge in [-0.2, -0.15) is 0 Å². The molecule has 4 N–H and O–H groups in total. The Morgan fingerprint density at radius 3 is 1.64 bits per heavy atom. The fraction of sp³-hybridized carbons (Fsp3) is 0.750. The number of rotatable bonds is 13. The lowest BCUT2D eigenvalue weighted by molar-refractivity contribution is -0.141. The summed E-state index contributed by atoms with van der Waals surface area (Å²) in [7, 11) is 5.70. The van der Waals surface area contributed by atoms with E-state index >= 15 is 0 Å². The average molecular weight is 783 g/mol. The number of aromatic amines is 2. The fourth-order valence-corrected chi connectivity index (χ4v) is 9.84. The topological polar surface area (TPSA) is 195 Å². The second kappa shape index (κ2) is 18.4. The van der Waals surface area contributed by atoms with E-state index in [0.717, 1.165) is 79.3 Å². The van der Waals surface area contributed by atoms with Crippen molar-refractivity contribution in [3.8, 4) is 0 Å². The molecule has 2 aromatic rings. The van der Waals surface area contributed by atoms with E-state index in [9.17, 15) is 24.3 Å². The highest BCUT2D eigenvalue weighted by Gasteiger charge is 2.42. The van der Waals surface area contributed by atoms with Gasteiger partial charge >= 0.3 is 12.2 Å². The summed E-state index contributed by atoms with van der Waals surface area (Å²) in [5, 5.41) is 12.3. The van der Waals surface area contributed by atoms with E-state index in [0.29, 0.717) is 36.8 Å². The summed E-state index contributed by atoms with van der Waals surface area (Å²) in [5.74, 6) is 3.31. The molecule has 0 radical (unpaired) electrons. The van der Waals surface area contributed by atoms with Crippen molar-refractivity contribution in [2.45, 2.75) is 139 Å². The first-order valence-electron chi connectivity index (χ1n) is 20.5. The largest absolute Gasteiger partial charge is 0.465 e. The van der Waals surface area contributed by atoms with Gasteiger partial charge < -0.3 is 44.4 Å². The van der Waals surface area contributed by atoms with Crippen LogP contribution < -0.4 is 5.32 Å². The normalized spacial score (nSPS) is 27.7. The molecule has 310 valence electrons. The fourth-order valence-electron chi connectivity index (χ4n) is 9.84. The number of hydrogen-bond acceptors (Lipinski definition) is 9. The van der Waals surface area contributed by atoms with Crippen LogP contribution in [0.4, 0.5) is 9.59 Å². The molecule has 16 nitrogen and oxygen atoms in total. The van der Waals surface area contributed by atoms with Crippen LogP contribution in [0.1, 0.15) is 138 Å². The Bertz CT molecular complexity index is 1650. The number of likely N-dealkylation sites (tertiary alicyclic amines) is 2. The number of carbonyl (C=O) groups excluding carboxylic acids is 3. The van der Waals surface area contributed by atoms with E-state index in [4.69, 9.17) is 24.2 Å². The van der Waals surface area contributed by atoms with E-state index in [1.54, 1.807) is 18.7 Å². The van der Waals surface area contributed by atoms with Crippen LogP contribution in [0, 0.1) is 11.8 Å². The number of carbonyl (C=O) groups is 4. The minimum Gasteiger partial charge on any atom is -0.465 e. The van der Waals surface area contributed by atoms with Crippen molar-refractivity contribution in [1.29, 1.82) is 0 Å². The first-order valence-corrected chi connectivity index (χ1v) is 20.5. The Labute approximate surface area is 329 Å². The van der Waals surface area contributed by atoms with E-state index in [1.165, 1.54) is 54.1 Å². The third kappa shape index (κ3) is 8.85. The summed E-state index contributed by atoms with van der Waals surface area (Å²) in [6, 6.07) is -2.18. The molecule has 4 fully saturated rings. The number of imidazole rings is 2. The Morgan fingerprint density at radius 1 is 0.750 bits per heavy atom. The van der Waals surface area contributed by atoms with Crippen LogP contribution in [0.25, 0.3) is 0 Å². The summed E-state index contributed by atoms with van der Waals surface area (Å²) >= 11 is 0. The highest BCUT2D eigenvalue weighted by molar-refractivity contribution is 5.87. The summed E-state index contributed by atoms with van der Waals surface area (Å²) in [4.78, 5) is 72.7. The number of aromatic nitrogens is 4. The van der Waals surface area contributed by atoms with Gasteiger partial charge in [0.15, 0.2) is 0 Å². The van der Waals surface area contributed by atoms with Gasteiger partial charge in [0, 0.05) is 58.6 Å². The van der Waals surface area contributed by atoms with Gasteiger partial charge in [-0.15, -0.1) is 0 Å². The van der Waals surface area contributed by atoms with Crippen LogP contribution >= 0.6 is 0 Å². The summed E-state index contributed by atoms with van der Waals surface area (Å²) in [6.45, 7) is 4.63. The molecular formula is C40H62N8O8. The third-order valence-electron chi connectivity index (χ3n) is 13.3. The van der Waals surface area contributed by atoms with Crippen LogP contribution in [0.2, 0.25) is 0 Å². The molecule has 4 heterocycles. The molecule has 0 spiro atoms. The van der Waals surface area contributed by atoms with E-state index in [2.05, 4.69) is 15.3 Å². The van der Waals surface area contributed by atoms with Crippen LogP contribution in [-0.2, 0) is 23.8 Å². The van der Waals surface area contributed by atoms with Gasteiger partial charge in [-0.25, -0.2) is 19.6 Å². The maximum Gasteiger partial charge on any atom is 0.407 e. The number of ether oxygens (including phenoxy) is 3. The molecule has 2 saturated carbocycles. The zero-order valence-electron chi connectivity index (χ0n) is 33.9. The van der Waals surface area contributed by atoms with E-state index < -0.39 is 36.5 Å². The maximum absolute atomic E-state index is 13.7. The summed E-state index contributed by atoms with van der Waals surface area (Å²) in [6.07, 6.45) is 13.5. The SMILES string of the molecule is COC(=O)N[C@H](C(=O)N1CCC[C@H]1c1nc(C2CCC(C3CCC(c4c[nH]c([C@@H]5CCCN5C(=O)[C@H]([C@@H](C)OC)N(C)C(=O)O)n4)CC3)CC2)c[nH]1)C(C)OC. The minimum atomic E-state index is -1.17. The summed E-state index contributed by atoms with van der Waals surface area (Å²) in [5.41, 5.74) is 2.14. The minimum absolute atomic E-state index is 0.179. The maximum atomic E-state index is 13.7. The molecule has 2 aromatic heterocycles. The van der Waals surface area contributed by atoms with Gasteiger partial charge in [0.25, 0.3) is 0 Å². The number of carboxylic acid groups (broad SMARTS) is 1. The molecular weight excluding hydrogens is 720 g/mol. The average Bonchev–Trinajstić information content (AvgIpc) is 4.06. The van der Waals surface area contributed by atoms with Crippen LogP contribution in [0.3, 0.4) is 0 Å². The number of H-pyrrole nitrogens is 2. The van der Waals surface area contributed by atoms with Crippen molar-refractivity contribution in [2.75, 3.05) is 41.5 Å². The highest BCUT2D eigenvalue weighted by Crippen LogP contribution is 2.46. The lowest BCUT2D eigenvalue weighted by Crippen LogP contribution is -2.54. The van der Waals surface area contributed by atoms with Gasteiger partial charge in [0.05, 0.1) is 42.8 Å². The highest BCUT2D eigenvalue weighted by atomic mass is 16.5. The molecule has 56 heavy (non-hydrogen) atoms. The second-order valence-corrected chi connectivity index (χ2v) is 16.4. The molecule has 0 bridgehead atoms. The van der Waals surface area contributed by atoms with Crippen molar-refractivity contribution in [2.24, 2.45) is 11.8 Å². The lowest BCUT2D eigenvalue weighted by atomic mass is 9.68. The van der Waals surface area contributed by atoms with Crippen LogP contribution in [-0.4, -0.2) is 130 Å². The quantitative estimate of drug-likeness (QED) is 0.202.